The van der Waals surface area contributed by atoms with Crippen molar-refractivity contribution in [1.82, 2.24) is 9.55 Å². The molecule has 1 heterocycles. The molecule has 1 aromatic carbocycles. The molecule has 1 atom stereocenters. The van der Waals surface area contributed by atoms with Crippen molar-refractivity contribution in [3.05, 3.63) is 29.8 Å². The summed E-state index contributed by atoms with van der Waals surface area (Å²) in [4.78, 5) is 4.68. The van der Waals surface area contributed by atoms with Gasteiger partial charge in [0.15, 0.2) is 0 Å². The van der Waals surface area contributed by atoms with E-state index in [-0.39, 0.29) is 17.3 Å². The Morgan fingerprint density at radius 1 is 1.40 bits per heavy atom. The van der Waals surface area contributed by atoms with Gasteiger partial charge in [0.25, 0.3) is 0 Å². The third-order valence-corrected chi connectivity index (χ3v) is 4.15. The van der Waals surface area contributed by atoms with Crippen LogP contribution in [0.4, 0.5) is 4.39 Å². The fourth-order valence-corrected chi connectivity index (χ4v) is 2.50. The van der Waals surface area contributed by atoms with Crippen LogP contribution in [-0.2, 0) is 6.42 Å². The molecule has 108 valence electrons. The van der Waals surface area contributed by atoms with Crippen LogP contribution in [0.25, 0.3) is 11.0 Å². The molecule has 1 aliphatic rings. The molecule has 0 aliphatic heterocycles. The summed E-state index contributed by atoms with van der Waals surface area (Å²) in [7, 11) is 0. The van der Waals surface area contributed by atoms with Gasteiger partial charge in [0.05, 0.1) is 11.0 Å². The molecule has 2 aromatic rings. The molecule has 1 aromatic heterocycles. The summed E-state index contributed by atoms with van der Waals surface area (Å²) in [5, 5.41) is 0. The molecule has 0 bridgehead atoms. The standard InChI is InChI=1S/C16H22FN3/c1-16(2,3)14(18)9-15-19-12-7-4-10(17)8-13(12)20(15)11-5-6-11/h4,7-8,11,14H,5-6,9,18H2,1-3H3. The van der Waals surface area contributed by atoms with Gasteiger partial charge in [0.2, 0.25) is 0 Å². The quantitative estimate of drug-likeness (QED) is 0.932. The van der Waals surface area contributed by atoms with Crippen LogP contribution in [0.2, 0.25) is 0 Å². The lowest BCUT2D eigenvalue weighted by Crippen LogP contribution is -2.37. The van der Waals surface area contributed by atoms with E-state index in [4.69, 9.17) is 5.73 Å². The van der Waals surface area contributed by atoms with Crippen LogP contribution >= 0.6 is 0 Å². The molecule has 1 aliphatic carbocycles. The Bertz CT molecular complexity index is 635. The molecule has 1 fully saturated rings. The summed E-state index contributed by atoms with van der Waals surface area (Å²) in [5.41, 5.74) is 8.11. The predicted octanol–water partition coefficient (Wildman–Crippen LogP) is 3.43. The minimum atomic E-state index is -0.203. The van der Waals surface area contributed by atoms with Crippen LogP contribution in [-0.4, -0.2) is 15.6 Å². The largest absolute Gasteiger partial charge is 0.327 e. The highest BCUT2D eigenvalue weighted by Crippen LogP contribution is 2.39. The van der Waals surface area contributed by atoms with Gasteiger partial charge in [0, 0.05) is 18.5 Å². The highest BCUT2D eigenvalue weighted by molar-refractivity contribution is 5.76. The van der Waals surface area contributed by atoms with Crippen LogP contribution in [0.15, 0.2) is 18.2 Å². The lowest BCUT2D eigenvalue weighted by atomic mass is 9.85. The number of rotatable bonds is 3. The molecule has 0 saturated heterocycles. The summed E-state index contributed by atoms with van der Waals surface area (Å²) < 4.78 is 15.7. The van der Waals surface area contributed by atoms with E-state index < -0.39 is 0 Å². The Hall–Kier alpha value is -1.42. The molecule has 3 nitrogen and oxygen atoms in total. The van der Waals surface area contributed by atoms with E-state index in [9.17, 15) is 4.39 Å². The summed E-state index contributed by atoms with van der Waals surface area (Å²) in [6.45, 7) is 6.42. The first kappa shape index (κ1) is 13.6. The minimum Gasteiger partial charge on any atom is -0.327 e. The predicted molar refractivity (Wildman–Crippen MR) is 79.1 cm³/mol. The maximum absolute atomic E-state index is 13.5. The molecule has 0 amide bonds. The number of halogens is 1. The van der Waals surface area contributed by atoms with Crippen LogP contribution in [0, 0.1) is 11.2 Å². The van der Waals surface area contributed by atoms with Gasteiger partial charge in [-0.25, -0.2) is 9.37 Å². The van der Waals surface area contributed by atoms with Gasteiger partial charge in [-0.05, 0) is 36.5 Å². The number of hydrogen-bond donors (Lipinski definition) is 1. The van der Waals surface area contributed by atoms with E-state index in [2.05, 4.69) is 30.3 Å². The van der Waals surface area contributed by atoms with E-state index in [0.717, 1.165) is 36.1 Å². The van der Waals surface area contributed by atoms with Crippen molar-refractivity contribution in [3.8, 4) is 0 Å². The number of aromatic nitrogens is 2. The van der Waals surface area contributed by atoms with Crippen LogP contribution < -0.4 is 5.73 Å². The summed E-state index contributed by atoms with van der Waals surface area (Å²) >= 11 is 0. The molecular formula is C16H22FN3. The molecule has 4 heteroatoms. The zero-order valence-electron chi connectivity index (χ0n) is 12.4. The first-order valence-electron chi connectivity index (χ1n) is 7.28. The van der Waals surface area contributed by atoms with Gasteiger partial charge >= 0.3 is 0 Å². The maximum Gasteiger partial charge on any atom is 0.125 e. The van der Waals surface area contributed by atoms with Crippen LogP contribution in [0.5, 0.6) is 0 Å². The Kier molecular flexibility index (Phi) is 3.09. The van der Waals surface area contributed by atoms with Gasteiger partial charge < -0.3 is 10.3 Å². The van der Waals surface area contributed by atoms with Gasteiger partial charge in [-0.3, -0.25) is 0 Å². The Balaban J connectivity index is 2.04. The monoisotopic (exact) mass is 275 g/mol. The zero-order valence-corrected chi connectivity index (χ0v) is 12.4. The number of nitrogens with two attached hydrogens (primary N) is 1. The van der Waals surface area contributed by atoms with Crippen LogP contribution in [0.3, 0.4) is 0 Å². The van der Waals surface area contributed by atoms with Crippen molar-refractivity contribution in [2.24, 2.45) is 11.1 Å². The molecular weight excluding hydrogens is 253 g/mol. The zero-order chi connectivity index (χ0) is 14.5. The van der Waals surface area contributed by atoms with Gasteiger partial charge in [-0.1, -0.05) is 20.8 Å². The molecule has 20 heavy (non-hydrogen) atoms. The number of imidazole rings is 1. The fourth-order valence-electron chi connectivity index (χ4n) is 2.50. The Labute approximate surface area is 119 Å². The van der Waals surface area contributed by atoms with Gasteiger partial charge in [-0.2, -0.15) is 0 Å². The van der Waals surface area contributed by atoms with Gasteiger partial charge in [0.1, 0.15) is 11.6 Å². The minimum absolute atomic E-state index is 0.0394. The fraction of sp³-hybridized carbons (Fsp3) is 0.562. The van der Waals surface area contributed by atoms with E-state index in [1.165, 1.54) is 6.07 Å². The van der Waals surface area contributed by atoms with Crippen LogP contribution in [0.1, 0.15) is 45.5 Å². The molecule has 1 unspecified atom stereocenters. The van der Waals surface area contributed by atoms with Gasteiger partial charge in [-0.15, -0.1) is 0 Å². The number of fused-ring (bicyclic) bond motifs is 1. The summed E-state index contributed by atoms with van der Waals surface area (Å²) in [6, 6.07) is 5.34. The molecule has 0 spiro atoms. The second kappa shape index (κ2) is 4.55. The van der Waals surface area contributed by atoms with Crippen molar-refractivity contribution in [1.29, 1.82) is 0 Å². The second-order valence-corrected chi connectivity index (χ2v) is 6.94. The van der Waals surface area contributed by atoms with Crippen molar-refractivity contribution < 1.29 is 4.39 Å². The molecule has 1 saturated carbocycles. The summed E-state index contributed by atoms with van der Waals surface area (Å²) in [5.74, 6) is 0.793. The van der Waals surface area contributed by atoms with E-state index in [1.54, 1.807) is 12.1 Å². The highest BCUT2D eigenvalue weighted by Gasteiger charge is 2.30. The third kappa shape index (κ3) is 2.44. The average Bonchev–Trinajstić information content (AvgIpc) is 3.11. The summed E-state index contributed by atoms with van der Waals surface area (Å²) in [6.07, 6.45) is 3.04. The lowest BCUT2D eigenvalue weighted by Gasteiger charge is -2.27. The Morgan fingerprint density at radius 2 is 2.10 bits per heavy atom. The highest BCUT2D eigenvalue weighted by atomic mass is 19.1. The number of nitrogens with zero attached hydrogens (tertiary/aromatic N) is 2. The lowest BCUT2D eigenvalue weighted by molar-refractivity contribution is 0.313. The van der Waals surface area contributed by atoms with E-state index >= 15 is 0 Å². The molecule has 0 radical (unpaired) electrons. The first-order chi connectivity index (χ1) is 9.36. The van der Waals surface area contributed by atoms with Crippen molar-refractivity contribution in [2.75, 3.05) is 0 Å². The normalized spacial score (nSPS) is 17.6. The first-order valence-corrected chi connectivity index (χ1v) is 7.28. The second-order valence-electron chi connectivity index (χ2n) is 6.94. The molecule has 3 rings (SSSR count). The number of benzene rings is 1. The third-order valence-electron chi connectivity index (χ3n) is 4.15. The van der Waals surface area contributed by atoms with Crippen molar-refractivity contribution in [2.45, 2.75) is 52.1 Å². The Morgan fingerprint density at radius 3 is 2.70 bits per heavy atom. The smallest absolute Gasteiger partial charge is 0.125 e. The number of hydrogen-bond acceptors (Lipinski definition) is 2. The maximum atomic E-state index is 13.5. The van der Waals surface area contributed by atoms with Crippen molar-refractivity contribution in [3.63, 3.8) is 0 Å². The SMILES string of the molecule is CC(C)(C)C(N)Cc1nc2ccc(F)cc2n1C1CC1. The topological polar surface area (TPSA) is 43.8 Å². The van der Waals surface area contributed by atoms with E-state index in [1.807, 2.05) is 0 Å². The molecule has 2 N–H and O–H groups in total. The van der Waals surface area contributed by atoms with Crippen molar-refractivity contribution >= 4 is 11.0 Å². The average molecular weight is 275 g/mol. The van der Waals surface area contributed by atoms with E-state index in [0.29, 0.717) is 6.04 Å².